The smallest absolute Gasteiger partial charge is 0.339 e. The molecule has 1 N–H and O–H groups in total. The number of anilines is 1. The van der Waals surface area contributed by atoms with Crippen molar-refractivity contribution in [3.05, 3.63) is 64.0 Å². The van der Waals surface area contributed by atoms with Gasteiger partial charge in [-0.05, 0) is 74.6 Å². The van der Waals surface area contributed by atoms with Crippen molar-refractivity contribution >= 4 is 22.6 Å². The van der Waals surface area contributed by atoms with E-state index in [1.165, 1.54) is 0 Å². The molecule has 0 radical (unpaired) electrons. The molecule has 164 valence electrons. The molecule has 6 heteroatoms. The first-order valence-corrected chi connectivity index (χ1v) is 10.5. The van der Waals surface area contributed by atoms with Gasteiger partial charge in [-0.25, -0.2) is 4.79 Å². The van der Waals surface area contributed by atoms with Crippen LogP contribution < -0.4 is 20.4 Å². The fourth-order valence-corrected chi connectivity index (χ4v) is 3.35. The van der Waals surface area contributed by atoms with Crippen LogP contribution in [0.4, 0.5) is 5.69 Å². The van der Waals surface area contributed by atoms with Gasteiger partial charge in [0, 0.05) is 22.7 Å². The first-order valence-electron chi connectivity index (χ1n) is 10.5. The molecule has 1 atom stereocenters. The molecule has 3 aromatic rings. The van der Waals surface area contributed by atoms with Crippen molar-refractivity contribution in [2.24, 2.45) is 5.92 Å². The van der Waals surface area contributed by atoms with E-state index in [0.717, 1.165) is 22.9 Å². The molecule has 6 nitrogen and oxygen atoms in total. The highest BCUT2D eigenvalue weighted by Crippen LogP contribution is 2.26. The first-order chi connectivity index (χ1) is 14.8. The van der Waals surface area contributed by atoms with Crippen LogP contribution in [0.5, 0.6) is 11.5 Å². The zero-order valence-electron chi connectivity index (χ0n) is 18.7. The second kappa shape index (κ2) is 9.69. The zero-order valence-corrected chi connectivity index (χ0v) is 18.7. The van der Waals surface area contributed by atoms with E-state index in [-0.39, 0.29) is 11.5 Å². The summed E-state index contributed by atoms with van der Waals surface area (Å²) < 4.78 is 16.5. The maximum atomic E-state index is 12.5. The number of methoxy groups -OCH3 is 1. The van der Waals surface area contributed by atoms with Crippen LogP contribution in [0.1, 0.15) is 38.3 Å². The summed E-state index contributed by atoms with van der Waals surface area (Å²) in [5, 5.41) is 3.68. The lowest BCUT2D eigenvalue weighted by Gasteiger charge is -2.16. The molecule has 0 aliphatic carbocycles. The highest BCUT2D eigenvalue weighted by Gasteiger charge is 2.17. The van der Waals surface area contributed by atoms with Crippen molar-refractivity contribution in [1.29, 1.82) is 0 Å². The molecular weight excluding hydrogens is 394 g/mol. The lowest BCUT2D eigenvalue weighted by Crippen LogP contribution is -2.30. The summed E-state index contributed by atoms with van der Waals surface area (Å²) in [4.78, 5) is 25.0. The van der Waals surface area contributed by atoms with Crippen molar-refractivity contribution in [2.45, 2.75) is 46.6 Å². The fraction of sp³-hybridized carbons (Fsp3) is 0.360. The topological polar surface area (TPSA) is 77.8 Å². The van der Waals surface area contributed by atoms with Crippen LogP contribution in [-0.4, -0.2) is 19.1 Å². The number of ether oxygens (including phenoxy) is 2. The van der Waals surface area contributed by atoms with Crippen LogP contribution in [0, 0.1) is 12.8 Å². The lowest BCUT2D eigenvalue weighted by molar-refractivity contribution is -0.122. The third-order valence-corrected chi connectivity index (χ3v) is 5.27. The van der Waals surface area contributed by atoms with Gasteiger partial charge in [-0.2, -0.15) is 0 Å². The van der Waals surface area contributed by atoms with Crippen LogP contribution in [-0.2, 0) is 11.2 Å². The molecule has 0 saturated heterocycles. The molecule has 0 fully saturated rings. The average Bonchev–Trinajstić information content (AvgIpc) is 2.73. The highest BCUT2D eigenvalue weighted by molar-refractivity contribution is 5.94. The van der Waals surface area contributed by atoms with E-state index in [1.54, 1.807) is 50.4 Å². The average molecular weight is 424 g/mol. The summed E-state index contributed by atoms with van der Waals surface area (Å²) in [6.45, 7) is 7.88. The van der Waals surface area contributed by atoms with Crippen molar-refractivity contribution in [3.8, 4) is 11.5 Å². The Kier molecular flexibility index (Phi) is 7.00. The Bertz CT molecular complexity index is 1120. The van der Waals surface area contributed by atoms with Gasteiger partial charge in [0.1, 0.15) is 17.1 Å². The maximum Gasteiger partial charge on any atom is 0.339 e. The van der Waals surface area contributed by atoms with E-state index in [0.29, 0.717) is 35.1 Å². The van der Waals surface area contributed by atoms with E-state index >= 15 is 0 Å². The number of nitrogens with one attached hydrogen (secondary N) is 1. The number of hydrogen-bond donors (Lipinski definition) is 1. The predicted molar refractivity (Wildman–Crippen MR) is 122 cm³/mol. The van der Waals surface area contributed by atoms with Crippen molar-refractivity contribution < 1.29 is 18.7 Å². The SMILES string of the molecule is COc1ccc(NC(=O)C(C)Oc2ccc3c(C)c(CCC(C)C)c(=O)oc3c2)cc1. The molecule has 0 aliphatic heterocycles. The van der Waals surface area contributed by atoms with E-state index in [1.807, 2.05) is 13.0 Å². The zero-order chi connectivity index (χ0) is 22.5. The monoisotopic (exact) mass is 423 g/mol. The minimum absolute atomic E-state index is 0.285. The number of aryl methyl sites for hydroxylation is 1. The molecule has 0 bridgehead atoms. The Balaban J connectivity index is 1.74. The number of hydrogen-bond acceptors (Lipinski definition) is 5. The fourth-order valence-electron chi connectivity index (χ4n) is 3.35. The Labute approximate surface area is 182 Å². The molecule has 0 saturated carbocycles. The van der Waals surface area contributed by atoms with E-state index in [2.05, 4.69) is 19.2 Å². The van der Waals surface area contributed by atoms with Gasteiger partial charge in [0.05, 0.1) is 7.11 Å². The van der Waals surface area contributed by atoms with Crippen molar-refractivity contribution in [1.82, 2.24) is 0 Å². The number of amides is 1. The number of carbonyl (C=O) groups is 1. The van der Waals surface area contributed by atoms with Gasteiger partial charge in [0.15, 0.2) is 6.10 Å². The minimum Gasteiger partial charge on any atom is -0.497 e. The van der Waals surface area contributed by atoms with Crippen LogP contribution in [0.15, 0.2) is 51.7 Å². The third kappa shape index (κ3) is 5.45. The standard InChI is InChI=1S/C25H29NO5/c1-15(2)6-12-22-16(3)21-13-11-20(14-23(21)31-25(22)28)30-17(4)24(27)26-18-7-9-19(29-5)10-8-18/h7-11,13-15,17H,6,12H2,1-5H3,(H,26,27). The second-order valence-electron chi connectivity index (χ2n) is 8.06. The van der Waals surface area contributed by atoms with Gasteiger partial charge >= 0.3 is 5.63 Å². The van der Waals surface area contributed by atoms with Gasteiger partial charge in [-0.1, -0.05) is 13.8 Å². The van der Waals surface area contributed by atoms with Crippen molar-refractivity contribution in [2.75, 3.05) is 12.4 Å². The maximum absolute atomic E-state index is 12.5. The molecule has 1 unspecified atom stereocenters. The minimum atomic E-state index is -0.738. The van der Waals surface area contributed by atoms with Gasteiger partial charge in [0.25, 0.3) is 5.91 Å². The Hall–Kier alpha value is -3.28. The third-order valence-electron chi connectivity index (χ3n) is 5.27. The first kappa shape index (κ1) is 22.4. The van der Waals surface area contributed by atoms with Crippen LogP contribution >= 0.6 is 0 Å². The second-order valence-corrected chi connectivity index (χ2v) is 8.06. The summed E-state index contributed by atoms with van der Waals surface area (Å²) in [5.74, 6) is 1.40. The number of benzene rings is 2. The summed E-state index contributed by atoms with van der Waals surface area (Å²) in [7, 11) is 1.59. The Morgan fingerprint density at radius 1 is 1.06 bits per heavy atom. The van der Waals surface area contributed by atoms with Gasteiger partial charge in [0.2, 0.25) is 0 Å². The Morgan fingerprint density at radius 3 is 2.39 bits per heavy atom. The summed E-state index contributed by atoms with van der Waals surface area (Å²) >= 11 is 0. The molecule has 31 heavy (non-hydrogen) atoms. The van der Waals surface area contributed by atoms with Crippen LogP contribution in [0.3, 0.4) is 0 Å². The van der Waals surface area contributed by atoms with Crippen molar-refractivity contribution in [3.63, 3.8) is 0 Å². The molecular formula is C25H29NO5. The van der Waals surface area contributed by atoms with E-state index in [9.17, 15) is 9.59 Å². The van der Waals surface area contributed by atoms with Gasteiger partial charge in [-0.15, -0.1) is 0 Å². The molecule has 1 aromatic heterocycles. The molecule has 1 heterocycles. The largest absolute Gasteiger partial charge is 0.497 e. The van der Waals surface area contributed by atoms with Crippen LogP contribution in [0.2, 0.25) is 0 Å². The van der Waals surface area contributed by atoms with E-state index < -0.39 is 6.10 Å². The highest BCUT2D eigenvalue weighted by atomic mass is 16.5. The Morgan fingerprint density at radius 2 is 1.74 bits per heavy atom. The van der Waals surface area contributed by atoms with Gasteiger partial charge < -0.3 is 19.2 Å². The summed E-state index contributed by atoms with van der Waals surface area (Å²) in [6.07, 6.45) is 0.888. The number of rotatable bonds is 8. The molecule has 1 amide bonds. The normalized spacial score (nSPS) is 12.1. The molecule has 0 spiro atoms. The van der Waals surface area contributed by atoms with Crippen LogP contribution in [0.25, 0.3) is 11.0 Å². The molecule has 3 rings (SSSR count). The summed E-state index contributed by atoms with van der Waals surface area (Å²) in [5.41, 5.74) is 2.45. The summed E-state index contributed by atoms with van der Waals surface area (Å²) in [6, 6.07) is 12.4. The lowest BCUT2D eigenvalue weighted by atomic mass is 9.98. The predicted octanol–water partition coefficient (Wildman–Crippen LogP) is 5.10. The van der Waals surface area contributed by atoms with E-state index in [4.69, 9.17) is 13.9 Å². The number of fused-ring (bicyclic) bond motifs is 1. The number of carbonyl (C=O) groups excluding carboxylic acids is 1. The van der Waals surface area contributed by atoms with Gasteiger partial charge in [-0.3, -0.25) is 4.79 Å². The quantitative estimate of drug-likeness (QED) is 0.510. The molecule has 2 aromatic carbocycles. The molecule has 0 aliphatic rings.